The number of nitrogens with zero attached hydrogens (tertiary/aromatic N) is 1. The topological polar surface area (TPSA) is 35.5 Å². The van der Waals surface area contributed by atoms with E-state index in [1.165, 1.54) is 19.3 Å². The first kappa shape index (κ1) is 14.9. The molecule has 3 heteroatoms. The minimum absolute atomic E-state index is 0.0931. The first-order chi connectivity index (χ1) is 8.09. The van der Waals surface area contributed by atoms with Gasteiger partial charge < -0.3 is 15.3 Å². The summed E-state index contributed by atoms with van der Waals surface area (Å²) < 4.78 is 0. The molecule has 3 nitrogen and oxygen atoms in total. The van der Waals surface area contributed by atoms with Crippen LogP contribution in [0.5, 0.6) is 0 Å². The van der Waals surface area contributed by atoms with Crippen molar-refractivity contribution in [2.75, 3.05) is 32.7 Å². The lowest BCUT2D eigenvalue weighted by atomic mass is 9.85. The van der Waals surface area contributed by atoms with Gasteiger partial charge in [-0.15, -0.1) is 0 Å². The van der Waals surface area contributed by atoms with Crippen molar-refractivity contribution >= 4 is 0 Å². The fraction of sp³-hybridized carbons (Fsp3) is 1.00. The van der Waals surface area contributed by atoms with Gasteiger partial charge in [-0.3, -0.25) is 0 Å². The van der Waals surface area contributed by atoms with Gasteiger partial charge in [0.05, 0.1) is 6.10 Å². The molecular formula is C14H30N2O. The number of hydrogen-bond acceptors (Lipinski definition) is 3. The van der Waals surface area contributed by atoms with Crippen molar-refractivity contribution < 1.29 is 5.11 Å². The molecule has 2 N–H and O–H groups in total. The number of nitrogens with one attached hydrogen (secondary N) is 1. The molecule has 1 aliphatic heterocycles. The number of rotatable bonds is 8. The van der Waals surface area contributed by atoms with Crippen molar-refractivity contribution in [3.63, 3.8) is 0 Å². The van der Waals surface area contributed by atoms with Crippen molar-refractivity contribution in [1.29, 1.82) is 0 Å². The van der Waals surface area contributed by atoms with Gasteiger partial charge in [0.1, 0.15) is 0 Å². The van der Waals surface area contributed by atoms with Gasteiger partial charge >= 0.3 is 0 Å². The maximum atomic E-state index is 9.58. The molecule has 102 valence electrons. The summed E-state index contributed by atoms with van der Waals surface area (Å²) >= 11 is 0. The Morgan fingerprint density at radius 3 is 2.65 bits per heavy atom. The average molecular weight is 242 g/mol. The monoisotopic (exact) mass is 242 g/mol. The van der Waals surface area contributed by atoms with Crippen molar-refractivity contribution in [1.82, 2.24) is 10.2 Å². The minimum atomic E-state index is -0.0931. The third-order valence-corrected chi connectivity index (χ3v) is 3.68. The standard InChI is InChI=1S/C14H30N2O/c1-4-7-14(3,11-15-8-5-2)12-16-9-6-13(17)10-16/h13,15,17H,4-12H2,1-3H3. The number of aliphatic hydroxyl groups excluding tert-OH is 1. The molecule has 1 saturated heterocycles. The summed E-state index contributed by atoms with van der Waals surface area (Å²) in [6.45, 7) is 12.1. The summed E-state index contributed by atoms with van der Waals surface area (Å²) in [5, 5.41) is 13.1. The molecule has 17 heavy (non-hydrogen) atoms. The predicted molar refractivity (Wildman–Crippen MR) is 73.2 cm³/mol. The molecule has 0 saturated carbocycles. The lowest BCUT2D eigenvalue weighted by Crippen LogP contribution is -2.42. The van der Waals surface area contributed by atoms with Crippen LogP contribution in [-0.2, 0) is 0 Å². The van der Waals surface area contributed by atoms with Crippen LogP contribution >= 0.6 is 0 Å². The molecule has 2 atom stereocenters. The summed E-state index contributed by atoms with van der Waals surface area (Å²) in [4.78, 5) is 2.42. The molecule has 1 fully saturated rings. The predicted octanol–water partition coefficient (Wildman–Crippen LogP) is 1.86. The fourth-order valence-corrected chi connectivity index (χ4v) is 2.89. The first-order valence-corrected chi connectivity index (χ1v) is 7.21. The Bertz CT molecular complexity index is 210. The highest BCUT2D eigenvalue weighted by molar-refractivity contribution is 4.84. The van der Waals surface area contributed by atoms with Crippen LogP contribution in [0.4, 0.5) is 0 Å². The highest BCUT2D eigenvalue weighted by Crippen LogP contribution is 2.25. The Morgan fingerprint density at radius 2 is 2.12 bits per heavy atom. The van der Waals surface area contributed by atoms with Crippen LogP contribution in [0.3, 0.4) is 0 Å². The summed E-state index contributed by atoms with van der Waals surface area (Å²) in [6, 6.07) is 0. The van der Waals surface area contributed by atoms with Crippen molar-refractivity contribution in [3.05, 3.63) is 0 Å². The van der Waals surface area contributed by atoms with Gasteiger partial charge in [0.2, 0.25) is 0 Å². The molecule has 0 aliphatic carbocycles. The van der Waals surface area contributed by atoms with Gasteiger partial charge in [-0.05, 0) is 31.2 Å². The maximum Gasteiger partial charge on any atom is 0.0679 e. The number of likely N-dealkylation sites (tertiary alicyclic amines) is 1. The Labute approximate surface area is 107 Å². The van der Waals surface area contributed by atoms with E-state index in [4.69, 9.17) is 0 Å². The molecule has 0 aromatic heterocycles. The molecule has 0 radical (unpaired) electrons. The van der Waals surface area contributed by atoms with Crippen molar-refractivity contribution in [3.8, 4) is 0 Å². The van der Waals surface area contributed by atoms with Gasteiger partial charge in [0.25, 0.3) is 0 Å². The van der Waals surface area contributed by atoms with Gasteiger partial charge in [0.15, 0.2) is 0 Å². The molecule has 1 rings (SSSR count). The van der Waals surface area contributed by atoms with Crippen LogP contribution in [-0.4, -0.2) is 48.8 Å². The third kappa shape index (κ3) is 5.36. The zero-order valence-electron chi connectivity index (χ0n) is 11.8. The highest BCUT2D eigenvalue weighted by Gasteiger charge is 2.29. The zero-order chi connectivity index (χ0) is 12.7. The van der Waals surface area contributed by atoms with E-state index in [0.717, 1.165) is 39.1 Å². The minimum Gasteiger partial charge on any atom is -0.392 e. The zero-order valence-corrected chi connectivity index (χ0v) is 11.8. The summed E-state index contributed by atoms with van der Waals surface area (Å²) in [5.41, 5.74) is 0.355. The smallest absolute Gasteiger partial charge is 0.0679 e. The Hall–Kier alpha value is -0.120. The van der Waals surface area contributed by atoms with Crippen LogP contribution in [0.15, 0.2) is 0 Å². The summed E-state index contributed by atoms with van der Waals surface area (Å²) in [7, 11) is 0. The average Bonchev–Trinajstić information content (AvgIpc) is 2.64. The van der Waals surface area contributed by atoms with E-state index in [0.29, 0.717) is 5.41 Å². The quantitative estimate of drug-likeness (QED) is 0.638. The van der Waals surface area contributed by atoms with E-state index in [1.807, 2.05) is 0 Å². The van der Waals surface area contributed by atoms with E-state index >= 15 is 0 Å². The molecule has 0 spiro atoms. The van der Waals surface area contributed by atoms with E-state index in [9.17, 15) is 5.11 Å². The third-order valence-electron chi connectivity index (χ3n) is 3.68. The molecule has 0 aromatic rings. The second-order valence-corrected chi connectivity index (χ2v) is 5.92. The van der Waals surface area contributed by atoms with Gasteiger partial charge in [-0.25, -0.2) is 0 Å². The Balaban J connectivity index is 2.39. The van der Waals surface area contributed by atoms with Crippen molar-refractivity contribution in [2.24, 2.45) is 5.41 Å². The van der Waals surface area contributed by atoms with Gasteiger partial charge in [0, 0.05) is 26.2 Å². The van der Waals surface area contributed by atoms with Crippen LogP contribution < -0.4 is 5.32 Å². The largest absolute Gasteiger partial charge is 0.392 e. The molecule has 1 aliphatic rings. The van der Waals surface area contributed by atoms with E-state index < -0.39 is 0 Å². The molecule has 1 heterocycles. The summed E-state index contributed by atoms with van der Waals surface area (Å²) in [5.74, 6) is 0. The molecule has 0 bridgehead atoms. The SMILES string of the molecule is CCCNCC(C)(CCC)CN1CCC(O)C1. The molecular weight excluding hydrogens is 212 g/mol. The van der Waals surface area contributed by atoms with Crippen molar-refractivity contribution in [2.45, 2.75) is 52.6 Å². The molecule has 0 amide bonds. The summed E-state index contributed by atoms with van der Waals surface area (Å²) in [6.07, 6.45) is 4.55. The van der Waals surface area contributed by atoms with E-state index in [-0.39, 0.29) is 6.10 Å². The first-order valence-electron chi connectivity index (χ1n) is 7.21. The molecule has 0 aromatic carbocycles. The lowest BCUT2D eigenvalue weighted by Gasteiger charge is -2.34. The Kier molecular flexibility index (Phi) is 6.45. The number of hydrogen-bond donors (Lipinski definition) is 2. The number of β-amino-alcohol motifs (C(OH)–C–C–N with tert-alkyl or cyclic N) is 1. The second kappa shape index (κ2) is 7.34. The highest BCUT2D eigenvalue weighted by atomic mass is 16.3. The second-order valence-electron chi connectivity index (χ2n) is 5.92. The van der Waals surface area contributed by atoms with Crippen LogP contribution in [0.25, 0.3) is 0 Å². The van der Waals surface area contributed by atoms with Crippen LogP contribution in [0.1, 0.15) is 46.5 Å². The Morgan fingerprint density at radius 1 is 1.35 bits per heavy atom. The normalized spacial score (nSPS) is 25.1. The number of aliphatic hydroxyl groups is 1. The maximum absolute atomic E-state index is 9.58. The van der Waals surface area contributed by atoms with E-state index in [1.54, 1.807) is 0 Å². The van der Waals surface area contributed by atoms with Crippen LogP contribution in [0.2, 0.25) is 0 Å². The molecule has 2 unspecified atom stereocenters. The van der Waals surface area contributed by atoms with Gasteiger partial charge in [-0.2, -0.15) is 0 Å². The van der Waals surface area contributed by atoms with Crippen LogP contribution in [0, 0.1) is 5.41 Å². The van der Waals surface area contributed by atoms with E-state index in [2.05, 4.69) is 31.0 Å². The van der Waals surface area contributed by atoms with Gasteiger partial charge in [-0.1, -0.05) is 27.2 Å². The lowest BCUT2D eigenvalue weighted by molar-refractivity contribution is 0.140. The fourth-order valence-electron chi connectivity index (χ4n) is 2.89.